The molecule has 2 aromatic rings. The molecule has 0 bridgehead atoms. The minimum atomic E-state index is -0.365. The van der Waals surface area contributed by atoms with Gasteiger partial charge in [-0.1, -0.05) is 24.3 Å². The summed E-state index contributed by atoms with van der Waals surface area (Å²) in [7, 11) is 0. The van der Waals surface area contributed by atoms with Gasteiger partial charge in [-0.3, -0.25) is 10.1 Å². The van der Waals surface area contributed by atoms with Crippen molar-refractivity contribution in [2.45, 2.75) is 13.3 Å². The molecule has 0 radical (unpaired) electrons. The summed E-state index contributed by atoms with van der Waals surface area (Å²) in [5.41, 5.74) is 3.60. The van der Waals surface area contributed by atoms with Crippen LogP contribution in [0.3, 0.4) is 0 Å². The number of benzene rings is 2. The maximum Gasteiger partial charge on any atom is 0.269 e. The summed E-state index contributed by atoms with van der Waals surface area (Å²) in [6, 6.07) is 17.2. The molecule has 0 amide bonds. The lowest BCUT2D eigenvalue weighted by atomic mass is 9.86. The molecule has 0 saturated carbocycles. The molecule has 0 aliphatic carbocycles. The zero-order valence-corrected chi connectivity index (χ0v) is 14.2. The van der Waals surface area contributed by atoms with Gasteiger partial charge in [0.05, 0.1) is 4.92 Å². The van der Waals surface area contributed by atoms with Crippen molar-refractivity contribution in [3.8, 4) is 11.8 Å². The van der Waals surface area contributed by atoms with E-state index in [1.165, 1.54) is 11.3 Å². The van der Waals surface area contributed by atoms with E-state index in [2.05, 4.69) is 34.9 Å². The van der Waals surface area contributed by atoms with E-state index < -0.39 is 0 Å². The van der Waals surface area contributed by atoms with E-state index in [0.717, 1.165) is 25.1 Å². The Kier molecular flexibility index (Phi) is 5.15. The Labute approximate surface area is 147 Å². The lowest BCUT2D eigenvalue weighted by Crippen LogP contribution is -2.34. The number of nitrogens with zero attached hydrogens (tertiary/aromatic N) is 2. The first kappa shape index (κ1) is 16.8. The van der Waals surface area contributed by atoms with Crippen molar-refractivity contribution in [2.75, 3.05) is 18.0 Å². The molecule has 0 saturated heterocycles. The van der Waals surface area contributed by atoms with Gasteiger partial charge < -0.3 is 4.90 Å². The monoisotopic (exact) mass is 332 g/mol. The largest absolute Gasteiger partial charge is 0.367 e. The van der Waals surface area contributed by atoms with Crippen molar-refractivity contribution >= 4 is 16.9 Å². The second kappa shape index (κ2) is 7.67. The molecule has 3 rings (SSSR count). The summed E-state index contributed by atoms with van der Waals surface area (Å²) in [6.45, 7) is 3.57. The topological polar surface area (TPSA) is 46.4 Å². The third-order valence-corrected chi connectivity index (χ3v) is 4.47. The number of anilines is 1. The second-order valence-corrected chi connectivity index (χ2v) is 6.03. The zero-order valence-electron chi connectivity index (χ0n) is 14.2. The quantitative estimate of drug-likeness (QED) is 0.469. The fourth-order valence-electron chi connectivity index (χ4n) is 3.19. The number of nitro benzene ring substituents is 1. The first-order chi connectivity index (χ1) is 12.2. The van der Waals surface area contributed by atoms with Gasteiger partial charge in [-0.2, -0.15) is 0 Å². The average Bonchev–Trinajstić information content (AvgIpc) is 2.67. The predicted molar refractivity (Wildman–Crippen MR) is 101 cm³/mol. The maximum atomic E-state index is 10.9. The number of rotatable bonds is 4. The molecule has 0 N–H and O–H groups in total. The van der Waals surface area contributed by atoms with Gasteiger partial charge in [-0.05, 0) is 42.3 Å². The highest BCUT2D eigenvalue weighted by molar-refractivity contribution is 5.71. The van der Waals surface area contributed by atoms with Gasteiger partial charge in [0, 0.05) is 43.2 Å². The van der Waals surface area contributed by atoms with Crippen LogP contribution in [0.5, 0.6) is 0 Å². The maximum absolute atomic E-state index is 10.9. The van der Waals surface area contributed by atoms with Crippen LogP contribution in [0.2, 0.25) is 0 Å². The Hall–Kier alpha value is -3.06. The molecule has 1 atom stereocenters. The van der Waals surface area contributed by atoms with E-state index in [9.17, 15) is 10.1 Å². The van der Waals surface area contributed by atoms with E-state index in [1.807, 2.05) is 37.3 Å². The first-order valence-electron chi connectivity index (χ1n) is 8.33. The predicted octanol–water partition coefficient (Wildman–Crippen LogP) is 4.53. The summed E-state index contributed by atoms with van der Waals surface area (Å²) >= 11 is 0. The van der Waals surface area contributed by atoms with Crippen LogP contribution < -0.4 is 4.90 Å². The molecule has 0 spiro atoms. The molecule has 1 aliphatic heterocycles. The van der Waals surface area contributed by atoms with Gasteiger partial charge in [-0.15, -0.1) is 11.8 Å². The van der Waals surface area contributed by atoms with Crippen molar-refractivity contribution < 1.29 is 4.92 Å². The molecule has 126 valence electrons. The summed E-state index contributed by atoms with van der Waals surface area (Å²) in [5, 5.41) is 10.9. The highest BCUT2D eigenvalue weighted by atomic mass is 16.6. The molecule has 4 nitrogen and oxygen atoms in total. The van der Waals surface area contributed by atoms with Gasteiger partial charge in [0.15, 0.2) is 0 Å². The molecule has 0 fully saturated rings. The van der Waals surface area contributed by atoms with Gasteiger partial charge in [-0.25, -0.2) is 0 Å². The van der Waals surface area contributed by atoms with E-state index in [1.54, 1.807) is 12.1 Å². The summed E-state index contributed by atoms with van der Waals surface area (Å²) in [4.78, 5) is 12.8. The molecule has 2 aromatic carbocycles. The number of hydrogen-bond donors (Lipinski definition) is 0. The zero-order chi connectivity index (χ0) is 17.6. The third kappa shape index (κ3) is 3.89. The van der Waals surface area contributed by atoms with Crippen molar-refractivity contribution in [3.05, 3.63) is 76.4 Å². The standard InChI is InChI=1S/C21H20N2O2/c1-2-3-7-18-16-22(19-8-5-4-6-9-19)15-14-21(18)17-10-12-20(13-11-17)23(24)25/h4-6,8-14,18H,7,15-16H2,1H3. The van der Waals surface area contributed by atoms with Crippen LogP contribution in [-0.2, 0) is 0 Å². The number of non-ortho nitro benzene ring substituents is 1. The van der Waals surface area contributed by atoms with Crippen molar-refractivity contribution in [1.82, 2.24) is 0 Å². The van der Waals surface area contributed by atoms with Gasteiger partial charge in [0.2, 0.25) is 0 Å². The van der Waals surface area contributed by atoms with E-state index in [4.69, 9.17) is 0 Å². The minimum absolute atomic E-state index is 0.121. The van der Waals surface area contributed by atoms with Crippen LogP contribution in [-0.4, -0.2) is 18.0 Å². The Bertz CT molecular complexity index is 830. The van der Waals surface area contributed by atoms with Crippen molar-refractivity contribution in [2.24, 2.45) is 5.92 Å². The van der Waals surface area contributed by atoms with E-state index in [0.29, 0.717) is 0 Å². The normalized spacial score (nSPS) is 16.6. The molecule has 1 aliphatic rings. The minimum Gasteiger partial charge on any atom is -0.367 e. The van der Waals surface area contributed by atoms with Crippen LogP contribution >= 0.6 is 0 Å². The second-order valence-electron chi connectivity index (χ2n) is 6.03. The van der Waals surface area contributed by atoms with Gasteiger partial charge >= 0.3 is 0 Å². The Morgan fingerprint density at radius 2 is 1.88 bits per heavy atom. The average molecular weight is 332 g/mol. The first-order valence-corrected chi connectivity index (χ1v) is 8.33. The summed E-state index contributed by atoms with van der Waals surface area (Å²) in [6.07, 6.45) is 3.00. The highest BCUT2D eigenvalue weighted by Crippen LogP contribution is 2.32. The van der Waals surface area contributed by atoms with E-state index in [-0.39, 0.29) is 16.5 Å². The lowest BCUT2D eigenvalue weighted by molar-refractivity contribution is -0.384. The molecular formula is C21H20N2O2. The van der Waals surface area contributed by atoms with Crippen LogP contribution in [0, 0.1) is 27.9 Å². The van der Waals surface area contributed by atoms with Crippen LogP contribution in [0.1, 0.15) is 18.9 Å². The number of para-hydroxylation sites is 1. The fourth-order valence-corrected chi connectivity index (χ4v) is 3.19. The van der Waals surface area contributed by atoms with Crippen molar-refractivity contribution in [3.63, 3.8) is 0 Å². The van der Waals surface area contributed by atoms with E-state index >= 15 is 0 Å². The van der Waals surface area contributed by atoms with Gasteiger partial charge in [0.25, 0.3) is 5.69 Å². The van der Waals surface area contributed by atoms with Gasteiger partial charge in [0.1, 0.15) is 0 Å². The smallest absolute Gasteiger partial charge is 0.269 e. The Morgan fingerprint density at radius 3 is 2.52 bits per heavy atom. The number of nitro groups is 1. The van der Waals surface area contributed by atoms with Crippen LogP contribution in [0.4, 0.5) is 11.4 Å². The fraction of sp³-hybridized carbons (Fsp3) is 0.238. The number of hydrogen-bond acceptors (Lipinski definition) is 3. The molecular weight excluding hydrogens is 312 g/mol. The SMILES string of the molecule is CC#CCC1CN(c2ccccc2)CC=C1c1ccc([N+](=O)[O-])cc1. The molecule has 1 heterocycles. The Morgan fingerprint density at radius 1 is 1.16 bits per heavy atom. The molecule has 25 heavy (non-hydrogen) atoms. The lowest BCUT2D eigenvalue weighted by Gasteiger charge is -2.34. The Balaban J connectivity index is 1.88. The summed E-state index contributed by atoms with van der Waals surface area (Å²) in [5.74, 6) is 6.45. The molecule has 4 heteroatoms. The third-order valence-electron chi connectivity index (χ3n) is 4.47. The van der Waals surface area contributed by atoms with Crippen molar-refractivity contribution in [1.29, 1.82) is 0 Å². The summed E-state index contributed by atoms with van der Waals surface area (Å²) < 4.78 is 0. The van der Waals surface area contributed by atoms with Crippen LogP contribution in [0.15, 0.2) is 60.7 Å². The van der Waals surface area contributed by atoms with Crippen LogP contribution in [0.25, 0.3) is 5.57 Å². The molecule has 1 unspecified atom stereocenters. The highest BCUT2D eigenvalue weighted by Gasteiger charge is 2.23. The molecule has 0 aromatic heterocycles.